The highest BCUT2D eigenvalue weighted by atomic mass is 16.5. The van der Waals surface area contributed by atoms with Gasteiger partial charge in [-0.1, -0.05) is 24.3 Å². The topological polar surface area (TPSA) is 61.8 Å². The first-order valence-corrected chi connectivity index (χ1v) is 9.49. The molecule has 3 aromatic carbocycles. The van der Waals surface area contributed by atoms with Gasteiger partial charge in [0.05, 0.1) is 12.7 Å². The number of carbonyl (C=O) groups excluding carboxylic acids is 2. The maximum Gasteiger partial charge on any atom is 0.231 e. The van der Waals surface area contributed by atoms with E-state index in [4.69, 9.17) is 14.2 Å². The molecule has 0 radical (unpaired) electrons. The average Bonchev–Trinajstić information content (AvgIpc) is 3.08. The number of fused-ring (bicyclic) bond motifs is 1. The summed E-state index contributed by atoms with van der Waals surface area (Å²) < 4.78 is 16.5. The van der Waals surface area contributed by atoms with E-state index in [2.05, 4.69) is 0 Å². The Hall–Kier alpha value is -3.86. The Morgan fingerprint density at radius 3 is 2.47 bits per heavy atom. The van der Waals surface area contributed by atoms with Crippen molar-refractivity contribution in [2.24, 2.45) is 0 Å². The molecule has 0 aliphatic carbocycles. The van der Waals surface area contributed by atoms with Crippen LogP contribution in [0.5, 0.6) is 17.2 Å². The molecule has 4 rings (SSSR count). The second kappa shape index (κ2) is 8.25. The number of hydrogen-bond donors (Lipinski definition) is 0. The molecule has 3 aromatic rings. The summed E-state index contributed by atoms with van der Waals surface area (Å²) in [5, 5.41) is 0. The molecule has 0 bridgehead atoms. The molecule has 0 spiro atoms. The number of rotatable bonds is 6. The monoisotopic (exact) mass is 400 g/mol. The minimum absolute atomic E-state index is 0.120. The second-order valence-corrected chi connectivity index (χ2v) is 6.89. The van der Waals surface area contributed by atoms with Crippen LogP contribution in [0, 0.1) is 6.92 Å². The fourth-order valence-electron chi connectivity index (χ4n) is 3.16. The summed E-state index contributed by atoms with van der Waals surface area (Å²) in [5.41, 5.74) is 2.99. The normalized spacial score (nSPS) is 13.7. The van der Waals surface area contributed by atoms with Gasteiger partial charge in [0.25, 0.3) is 0 Å². The molecule has 5 nitrogen and oxygen atoms in total. The molecular formula is C25H20O5. The molecule has 0 saturated heterocycles. The number of allylic oxidation sites excluding steroid dienone is 1. The standard InChI is InChI=1S/C25H20O5/c1-16-5-3-4-6-18(16)13-24-25(27)21-12-11-20(14-23(21)30-24)29-15-22(26)17-7-9-19(28-2)10-8-17/h3-14H,15H2,1-2H3/b24-13-. The molecule has 150 valence electrons. The van der Waals surface area contributed by atoms with Gasteiger partial charge in [0.15, 0.2) is 18.1 Å². The first kappa shape index (κ1) is 19.5. The van der Waals surface area contributed by atoms with Crippen LogP contribution in [-0.4, -0.2) is 25.3 Å². The highest BCUT2D eigenvalue weighted by Crippen LogP contribution is 2.35. The van der Waals surface area contributed by atoms with Gasteiger partial charge >= 0.3 is 0 Å². The molecule has 1 aliphatic rings. The predicted octanol–water partition coefficient (Wildman–Crippen LogP) is 4.88. The van der Waals surface area contributed by atoms with E-state index in [1.165, 1.54) is 0 Å². The summed E-state index contributed by atoms with van der Waals surface area (Å²) >= 11 is 0. The maximum absolute atomic E-state index is 12.6. The van der Waals surface area contributed by atoms with Crippen LogP contribution in [0.15, 0.2) is 72.5 Å². The largest absolute Gasteiger partial charge is 0.497 e. The van der Waals surface area contributed by atoms with Crippen LogP contribution in [-0.2, 0) is 0 Å². The highest BCUT2D eigenvalue weighted by molar-refractivity contribution is 6.14. The van der Waals surface area contributed by atoms with Crippen LogP contribution in [0.2, 0.25) is 0 Å². The van der Waals surface area contributed by atoms with Gasteiger partial charge in [0.1, 0.15) is 17.2 Å². The minimum atomic E-state index is -0.172. The smallest absolute Gasteiger partial charge is 0.231 e. The zero-order chi connectivity index (χ0) is 21.1. The number of ether oxygens (including phenoxy) is 3. The molecule has 0 amide bonds. The number of ketones is 2. The molecular weight excluding hydrogens is 380 g/mol. The minimum Gasteiger partial charge on any atom is -0.497 e. The van der Waals surface area contributed by atoms with Crippen LogP contribution in [0.1, 0.15) is 31.8 Å². The fraction of sp³-hybridized carbons (Fsp3) is 0.120. The molecule has 30 heavy (non-hydrogen) atoms. The van der Waals surface area contributed by atoms with E-state index >= 15 is 0 Å². The van der Waals surface area contributed by atoms with Gasteiger partial charge < -0.3 is 14.2 Å². The Labute approximate surface area is 174 Å². The Morgan fingerprint density at radius 2 is 1.73 bits per heavy atom. The molecule has 0 N–H and O–H groups in total. The third-order valence-corrected chi connectivity index (χ3v) is 4.90. The van der Waals surface area contributed by atoms with Gasteiger partial charge in [-0.3, -0.25) is 9.59 Å². The van der Waals surface area contributed by atoms with Crippen LogP contribution in [0.4, 0.5) is 0 Å². The lowest BCUT2D eigenvalue weighted by Gasteiger charge is -2.07. The van der Waals surface area contributed by atoms with Crippen LogP contribution in [0.3, 0.4) is 0 Å². The summed E-state index contributed by atoms with van der Waals surface area (Å²) in [5.74, 6) is 1.51. The van der Waals surface area contributed by atoms with Crippen LogP contribution >= 0.6 is 0 Å². The summed E-state index contributed by atoms with van der Waals surface area (Å²) in [6.07, 6.45) is 1.74. The quantitative estimate of drug-likeness (QED) is 0.436. The highest BCUT2D eigenvalue weighted by Gasteiger charge is 2.28. The Balaban J connectivity index is 1.46. The third kappa shape index (κ3) is 3.96. The van der Waals surface area contributed by atoms with Crippen molar-refractivity contribution in [3.05, 3.63) is 94.7 Å². The van der Waals surface area contributed by atoms with E-state index in [-0.39, 0.29) is 23.9 Å². The Bertz CT molecular complexity index is 1140. The number of benzene rings is 3. The van der Waals surface area contributed by atoms with E-state index < -0.39 is 0 Å². The molecule has 0 atom stereocenters. The van der Waals surface area contributed by atoms with Gasteiger partial charge in [-0.05, 0) is 60.5 Å². The van der Waals surface area contributed by atoms with E-state index in [1.54, 1.807) is 55.7 Å². The molecule has 0 unspecified atom stereocenters. The lowest BCUT2D eigenvalue weighted by atomic mass is 10.1. The number of hydrogen-bond acceptors (Lipinski definition) is 5. The Kier molecular flexibility index (Phi) is 5.35. The lowest BCUT2D eigenvalue weighted by molar-refractivity contribution is 0.0920. The van der Waals surface area contributed by atoms with Crippen molar-refractivity contribution in [2.75, 3.05) is 13.7 Å². The van der Waals surface area contributed by atoms with Gasteiger partial charge in [0.2, 0.25) is 5.78 Å². The SMILES string of the molecule is COc1ccc(C(=O)COc2ccc3c(c2)O/C(=C\c2ccccc2C)C3=O)cc1. The van der Waals surface area contributed by atoms with Crippen molar-refractivity contribution in [1.29, 1.82) is 0 Å². The van der Waals surface area contributed by atoms with E-state index in [1.807, 2.05) is 31.2 Å². The Morgan fingerprint density at radius 1 is 1.00 bits per heavy atom. The number of methoxy groups -OCH3 is 1. The maximum atomic E-state index is 12.6. The van der Waals surface area contributed by atoms with E-state index in [9.17, 15) is 9.59 Å². The first-order valence-electron chi connectivity index (χ1n) is 9.49. The summed E-state index contributed by atoms with van der Waals surface area (Å²) in [6.45, 7) is 1.86. The molecule has 1 heterocycles. The van der Waals surface area contributed by atoms with Crippen molar-refractivity contribution >= 4 is 17.6 Å². The van der Waals surface area contributed by atoms with Crippen molar-refractivity contribution in [1.82, 2.24) is 0 Å². The van der Waals surface area contributed by atoms with Crippen molar-refractivity contribution < 1.29 is 23.8 Å². The number of carbonyl (C=O) groups is 2. The van der Waals surface area contributed by atoms with Crippen molar-refractivity contribution in [3.8, 4) is 17.2 Å². The molecule has 5 heteroatoms. The lowest BCUT2D eigenvalue weighted by Crippen LogP contribution is -2.11. The van der Waals surface area contributed by atoms with Crippen LogP contribution < -0.4 is 14.2 Å². The molecule has 1 aliphatic heterocycles. The average molecular weight is 400 g/mol. The second-order valence-electron chi connectivity index (χ2n) is 6.89. The first-order chi connectivity index (χ1) is 14.5. The third-order valence-electron chi connectivity index (χ3n) is 4.90. The molecule has 0 aromatic heterocycles. The molecule has 0 fully saturated rings. The van der Waals surface area contributed by atoms with Gasteiger partial charge in [-0.25, -0.2) is 0 Å². The number of aryl methyl sites for hydroxylation is 1. The fourth-order valence-corrected chi connectivity index (χ4v) is 3.16. The van der Waals surface area contributed by atoms with E-state index in [0.29, 0.717) is 28.4 Å². The molecule has 0 saturated carbocycles. The summed E-state index contributed by atoms with van der Waals surface area (Å²) in [7, 11) is 1.57. The van der Waals surface area contributed by atoms with Crippen molar-refractivity contribution in [3.63, 3.8) is 0 Å². The zero-order valence-corrected chi connectivity index (χ0v) is 16.7. The van der Waals surface area contributed by atoms with Gasteiger partial charge in [0, 0.05) is 11.6 Å². The van der Waals surface area contributed by atoms with Crippen molar-refractivity contribution in [2.45, 2.75) is 6.92 Å². The predicted molar refractivity (Wildman–Crippen MR) is 113 cm³/mol. The van der Waals surface area contributed by atoms with Gasteiger partial charge in [-0.2, -0.15) is 0 Å². The van der Waals surface area contributed by atoms with Crippen LogP contribution in [0.25, 0.3) is 6.08 Å². The van der Waals surface area contributed by atoms with E-state index in [0.717, 1.165) is 11.1 Å². The number of Topliss-reactive ketones (excluding diaryl/α,β-unsaturated/α-hetero) is 2. The summed E-state index contributed by atoms with van der Waals surface area (Å²) in [4.78, 5) is 25.0. The summed E-state index contributed by atoms with van der Waals surface area (Å²) in [6, 6.07) is 19.6. The van der Waals surface area contributed by atoms with Gasteiger partial charge in [-0.15, -0.1) is 0 Å². The zero-order valence-electron chi connectivity index (χ0n) is 16.7.